The fourth-order valence-corrected chi connectivity index (χ4v) is 3.67. The van der Waals surface area contributed by atoms with Gasteiger partial charge in [-0.3, -0.25) is 10.3 Å². The summed E-state index contributed by atoms with van der Waals surface area (Å²) in [5.41, 5.74) is 13.1. The lowest BCUT2D eigenvalue weighted by atomic mass is 9.92. The van der Waals surface area contributed by atoms with E-state index in [9.17, 15) is 0 Å². The van der Waals surface area contributed by atoms with Gasteiger partial charge in [0.1, 0.15) is 0 Å². The number of hydrogen-bond donors (Lipinski definition) is 1. The maximum Gasteiger partial charge on any atom is 0.0999 e. The zero-order valence-electron chi connectivity index (χ0n) is 16.3. The number of hydroxylamine groups is 1. The molecule has 0 aliphatic heterocycles. The fraction of sp³-hybridized carbons (Fsp3) is 0.200. The molecule has 1 saturated carbocycles. The Bertz CT molecular complexity index is 1000. The second-order valence-electron chi connectivity index (χ2n) is 7.28. The molecule has 142 valence electrons. The van der Waals surface area contributed by atoms with E-state index in [1.807, 2.05) is 24.3 Å². The molecule has 0 unspecified atom stereocenters. The van der Waals surface area contributed by atoms with Crippen LogP contribution in [-0.4, -0.2) is 0 Å². The minimum Gasteiger partial charge on any atom is -0.271 e. The van der Waals surface area contributed by atoms with Crippen molar-refractivity contribution in [2.24, 2.45) is 0 Å². The van der Waals surface area contributed by atoms with E-state index >= 15 is 0 Å². The van der Waals surface area contributed by atoms with Gasteiger partial charge < -0.3 is 0 Å². The van der Waals surface area contributed by atoms with Crippen molar-refractivity contribution in [1.29, 1.82) is 0 Å². The molecule has 1 N–H and O–H groups in total. The van der Waals surface area contributed by atoms with Crippen molar-refractivity contribution in [3.63, 3.8) is 0 Å². The molecular weight excluding hydrogens is 366 g/mol. The number of rotatable bonds is 6. The molecule has 0 radical (unpaired) electrons. The molecule has 28 heavy (non-hydrogen) atoms. The lowest BCUT2D eigenvalue weighted by molar-refractivity contribution is 0.0641. The van der Waals surface area contributed by atoms with E-state index < -0.39 is 0 Å². The average molecular weight is 390 g/mol. The maximum atomic E-state index is 6.02. The van der Waals surface area contributed by atoms with Crippen LogP contribution in [0.25, 0.3) is 16.8 Å². The molecule has 2 nitrogen and oxygen atoms in total. The van der Waals surface area contributed by atoms with Gasteiger partial charge in [0.2, 0.25) is 0 Å². The van der Waals surface area contributed by atoms with Crippen LogP contribution in [0.2, 0.25) is 5.02 Å². The molecule has 3 aromatic carbocycles. The Morgan fingerprint density at radius 1 is 0.929 bits per heavy atom. The van der Waals surface area contributed by atoms with E-state index in [0.29, 0.717) is 6.61 Å². The first-order chi connectivity index (χ1) is 13.6. The van der Waals surface area contributed by atoms with Gasteiger partial charge in [-0.15, -0.1) is 0 Å². The van der Waals surface area contributed by atoms with Crippen LogP contribution in [0.15, 0.2) is 72.3 Å². The van der Waals surface area contributed by atoms with Crippen molar-refractivity contribution in [3.05, 3.63) is 99.6 Å². The van der Waals surface area contributed by atoms with Gasteiger partial charge >= 0.3 is 0 Å². The average Bonchev–Trinajstić information content (AvgIpc) is 3.54. The molecule has 3 aromatic rings. The molecule has 0 aromatic heterocycles. The fourth-order valence-electron chi connectivity index (χ4n) is 3.55. The Hall–Kier alpha value is -2.55. The molecule has 0 saturated heterocycles. The zero-order chi connectivity index (χ0) is 19.5. The lowest BCUT2D eigenvalue weighted by Crippen LogP contribution is -2.14. The van der Waals surface area contributed by atoms with Crippen LogP contribution >= 0.6 is 11.6 Å². The standard InChI is InChI=1S/C25H24ClNO/c1-17-8-9-22(18(2)24(17)19-6-4-3-5-7-19)16-28-27-25(20-10-11-20)21-12-14-23(26)15-13-21/h3-9,12-15,27H,10-11,16H2,1-2H3. The highest BCUT2D eigenvalue weighted by molar-refractivity contribution is 6.30. The predicted octanol–water partition coefficient (Wildman–Crippen LogP) is 6.85. The zero-order valence-corrected chi connectivity index (χ0v) is 17.0. The summed E-state index contributed by atoms with van der Waals surface area (Å²) >= 11 is 6.02. The number of benzene rings is 3. The van der Waals surface area contributed by atoms with Gasteiger partial charge in [-0.2, -0.15) is 0 Å². The van der Waals surface area contributed by atoms with E-state index in [0.717, 1.165) is 29.1 Å². The van der Waals surface area contributed by atoms with Crippen molar-refractivity contribution in [2.75, 3.05) is 0 Å². The summed E-state index contributed by atoms with van der Waals surface area (Å²) in [6.07, 6.45) is 2.24. The van der Waals surface area contributed by atoms with E-state index in [-0.39, 0.29) is 0 Å². The molecular formula is C25H24ClNO. The van der Waals surface area contributed by atoms with Gasteiger partial charge in [0.05, 0.1) is 12.3 Å². The van der Waals surface area contributed by atoms with Gasteiger partial charge in [0, 0.05) is 5.02 Å². The third-order valence-corrected chi connectivity index (χ3v) is 5.49. The van der Waals surface area contributed by atoms with E-state index in [1.165, 1.54) is 33.4 Å². The first kappa shape index (κ1) is 18.8. The van der Waals surface area contributed by atoms with Gasteiger partial charge in [-0.25, -0.2) is 0 Å². The second-order valence-corrected chi connectivity index (χ2v) is 7.72. The summed E-state index contributed by atoms with van der Waals surface area (Å²) in [4.78, 5) is 5.94. The van der Waals surface area contributed by atoms with E-state index in [2.05, 4.69) is 61.8 Å². The van der Waals surface area contributed by atoms with Crippen LogP contribution in [0, 0.1) is 13.8 Å². The largest absolute Gasteiger partial charge is 0.271 e. The monoisotopic (exact) mass is 389 g/mol. The molecule has 1 aliphatic rings. The Labute approximate surface area is 171 Å². The SMILES string of the molecule is Cc1ccc(CONC(=C2CC2)c2ccc(Cl)cc2)c(C)c1-c1ccccc1. The molecule has 0 atom stereocenters. The summed E-state index contributed by atoms with van der Waals surface area (Å²) in [7, 11) is 0. The quantitative estimate of drug-likeness (QED) is 0.465. The third-order valence-electron chi connectivity index (χ3n) is 5.24. The van der Waals surface area contributed by atoms with Crippen LogP contribution in [-0.2, 0) is 11.4 Å². The molecule has 0 bridgehead atoms. The summed E-state index contributed by atoms with van der Waals surface area (Å²) in [6.45, 7) is 4.85. The first-order valence-electron chi connectivity index (χ1n) is 9.64. The third kappa shape index (κ3) is 4.14. The van der Waals surface area contributed by atoms with Gasteiger partial charge in [-0.1, -0.05) is 66.2 Å². The molecule has 3 heteroatoms. The summed E-state index contributed by atoms with van der Waals surface area (Å²) in [6, 6.07) is 22.8. The second kappa shape index (κ2) is 8.22. The molecule has 1 aliphatic carbocycles. The van der Waals surface area contributed by atoms with E-state index in [1.54, 1.807) is 0 Å². The molecule has 0 heterocycles. The van der Waals surface area contributed by atoms with Crippen molar-refractivity contribution in [1.82, 2.24) is 5.48 Å². The molecule has 0 spiro atoms. The van der Waals surface area contributed by atoms with Crippen LogP contribution in [0.5, 0.6) is 0 Å². The molecule has 4 rings (SSSR count). The van der Waals surface area contributed by atoms with Crippen molar-refractivity contribution >= 4 is 17.3 Å². The number of halogens is 1. The smallest absolute Gasteiger partial charge is 0.0999 e. The summed E-state index contributed by atoms with van der Waals surface area (Å²) < 4.78 is 0. The Morgan fingerprint density at radius 3 is 2.32 bits per heavy atom. The lowest BCUT2D eigenvalue weighted by Gasteiger charge is -2.16. The topological polar surface area (TPSA) is 21.3 Å². The highest BCUT2D eigenvalue weighted by Gasteiger charge is 2.19. The van der Waals surface area contributed by atoms with Crippen LogP contribution < -0.4 is 5.48 Å². The highest BCUT2D eigenvalue weighted by Crippen LogP contribution is 2.35. The molecule has 0 amide bonds. The number of nitrogens with one attached hydrogen (secondary N) is 1. The Kier molecular flexibility index (Phi) is 5.52. The Balaban J connectivity index is 1.51. The van der Waals surface area contributed by atoms with E-state index in [4.69, 9.17) is 16.4 Å². The van der Waals surface area contributed by atoms with Crippen molar-refractivity contribution in [3.8, 4) is 11.1 Å². The number of hydrogen-bond acceptors (Lipinski definition) is 2. The van der Waals surface area contributed by atoms with Crippen molar-refractivity contribution < 1.29 is 4.84 Å². The van der Waals surface area contributed by atoms with Crippen LogP contribution in [0.3, 0.4) is 0 Å². The van der Waals surface area contributed by atoms with Crippen LogP contribution in [0.4, 0.5) is 0 Å². The van der Waals surface area contributed by atoms with Crippen molar-refractivity contribution in [2.45, 2.75) is 33.3 Å². The molecule has 1 fully saturated rings. The highest BCUT2D eigenvalue weighted by atomic mass is 35.5. The minimum absolute atomic E-state index is 0.510. The van der Waals surface area contributed by atoms with Crippen LogP contribution in [0.1, 0.15) is 35.1 Å². The number of aryl methyl sites for hydroxylation is 1. The van der Waals surface area contributed by atoms with Gasteiger partial charge in [0.15, 0.2) is 0 Å². The first-order valence-corrected chi connectivity index (χ1v) is 10.0. The summed E-state index contributed by atoms with van der Waals surface area (Å²) in [5.74, 6) is 0. The normalized spacial score (nSPS) is 12.8. The number of allylic oxidation sites excluding steroid dienone is 1. The summed E-state index contributed by atoms with van der Waals surface area (Å²) in [5, 5.41) is 0.744. The van der Waals surface area contributed by atoms with Gasteiger partial charge in [-0.05, 0) is 77.8 Å². The maximum absolute atomic E-state index is 6.02. The predicted molar refractivity (Wildman–Crippen MR) is 117 cm³/mol. The minimum atomic E-state index is 0.510. The van der Waals surface area contributed by atoms with Gasteiger partial charge in [0.25, 0.3) is 0 Å². The Morgan fingerprint density at radius 2 is 1.64 bits per heavy atom.